The summed E-state index contributed by atoms with van der Waals surface area (Å²) in [6, 6.07) is 8.13. The summed E-state index contributed by atoms with van der Waals surface area (Å²) in [4.78, 5) is 15.0. The van der Waals surface area contributed by atoms with Gasteiger partial charge >= 0.3 is 0 Å². The van der Waals surface area contributed by atoms with Gasteiger partial charge in [-0.3, -0.25) is 9.36 Å². The van der Waals surface area contributed by atoms with Gasteiger partial charge in [-0.15, -0.1) is 0 Å². The third kappa shape index (κ3) is 2.39. The Labute approximate surface area is 122 Å². The molecular weight excluding hydrogens is 268 g/mol. The van der Waals surface area contributed by atoms with Crippen molar-refractivity contribution >= 4 is 0 Å². The largest absolute Gasteiger partial charge is 0.490 e. The van der Waals surface area contributed by atoms with E-state index in [-0.39, 0.29) is 11.7 Å². The predicted octanol–water partition coefficient (Wildman–Crippen LogP) is 1.57. The van der Waals surface area contributed by atoms with Gasteiger partial charge < -0.3 is 9.47 Å². The first-order chi connectivity index (χ1) is 10.3. The second-order valence-electron chi connectivity index (χ2n) is 5.54. The maximum absolute atomic E-state index is 11.2. The third-order valence-corrected chi connectivity index (χ3v) is 4.03. The zero-order chi connectivity index (χ0) is 14.2. The minimum absolute atomic E-state index is 0.104. The zero-order valence-electron chi connectivity index (χ0n) is 11.6. The summed E-state index contributed by atoms with van der Waals surface area (Å²) in [5.74, 6) is 0.887. The monoisotopic (exact) mass is 284 g/mol. The molecule has 21 heavy (non-hydrogen) atoms. The van der Waals surface area contributed by atoms with E-state index in [0.29, 0.717) is 19.2 Å². The molecule has 1 aliphatic carbocycles. The molecule has 0 saturated heterocycles. The Morgan fingerprint density at radius 1 is 1.29 bits per heavy atom. The van der Waals surface area contributed by atoms with E-state index < -0.39 is 0 Å². The van der Waals surface area contributed by atoms with E-state index in [4.69, 9.17) is 9.47 Å². The standard InChI is InChI=1S/C16H16N2O3/c19-15-6-7-18-9-14(21-16(18)17-15)10-20-13-5-4-11-2-1-3-12(11)8-13/h4-8,14H,1-3,9-10H2. The Balaban J connectivity index is 1.41. The van der Waals surface area contributed by atoms with Crippen LogP contribution in [0.5, 0.6) is 11.8 Å². The lowest BCUT2D eigenvalue weighted by Gasteiger charge is -2.12. The molecule has 4 rings (SSSR count). The van der Waals surface area contributed by atoms with Gasteiger partial charge in [-0.1, -0.05) is 6.07 Å². The van der Waals surface area contributed by atoms with Crippen molar-refractivity contribution in [2.75, 3.05) is 6.61 Å². The van der Waals surface area contributed by atoms with Gasteiger partial charge in [-0.25, -0.2) is 0 Å². The number of ether oxygens (including phenoxy) is 2. The number of benzene rings is 1. The van der Waals surface area contributed by atoms with Crippen molar-refractivity contribution in [1.82, 2.24) is 9.55 Å². The van der Waals surface area contributed by atoms with E-state index in [1.807, 2.05) is 10.6 Å². The number of nitrogens with zero attached hydrogens (tertiary/aromatic N) is 2. The van der Waals surface area contributed by atoms with E-state index in [0.717, 1.165) is 12.2 Å². The van der Waals surface area contributed by atoms with Crippen molar-refractivity contribution in [2.24, 2.45) is 0 Å². The zero-order valence-corrected chi connectivity index (χ0v) is 11.6. The highest BCUT2D eigenvalue weighted by Crippen LogP contribution is 2.26. The van der Waals surface area contributed by atoms with Crippen LogP contribution in [0.3, 0.4) is 0 Å². The first kappa shape index (κ1) is 12.4. The number of fused-ring (bicyclic) bond motifs is 2. The van der Waals surface area contributed by atoms with E-state index in [2.05, 4.69) is 17.1 Å². The number of hydrogen-bond acceptors (Lipinski definition) is 4. The van der Waals surface area contributed by atoms with Gasteiger partial charge in [0.05, 0.1) is 6.54 Å². The molecule has 0 saturated carbocycles. The Morgan fingerprint density at radius 3 is 3.14 bits per heavy atom. The highest BCUT2D eigenvalue weighted by Gasteiger charge is 2.23. The van der Waals surface area contributed by atoms with Crippen LogP contribution < -0.4 is 15.0 Å². The van der Waals surface area contributed by atoms with Crippen LogP contribution in [0, 0.1) is 0 Å². The number of aryl methyl sites for hydroxylation is 2. The summed E-state index contributed by atoms with van der Waals surface area (Å²) in [5, 5.41) is 0. The molecule has 0 N–H and O–H groups in total. The fraction of sp³-hybridized carbons (Fsp3) is 0.375. The van der Waals surface area contributed by atoms with Crippen LogP contribution in [0.15, 0.2) is 35.3 Å². The van der Waals surface area contributed by atoms with Crippen molar-refractivity contribution in [3.8, 4) is 11.8 Å². The molecule has 0 spiro atoms. The maximum atomic E-state index is 11.2. The topological polar surface area (TPSA) is 53.4 Å². The molecule has 0 radical (unpaired) electrons. The quantitative estimate of drug-likeness (QED) is 0.858. The minimum atomic E-state index is -0.276. The number of hydrogen-bond donors (Lipinski definition) is 0. The van der Waals surface area contributed by atoms with Gasteiger partial charge in [0.15, 0.2) is 6.10 Å². The van der Waals surface area contributed by atoms with Crippen LogP contribution in [0.25, 0.3) is 0 Å². The molecule has 5 nitrogen and oxygen atoms in total. The van der Waals surface area contributed by atoms with Crippen LogP contribution >= 0.6 is 0 Å². The highest BCUT2D eigenvalue weighted by atomic mass is 16.6. The summed E-state index contributed by atoms with van der Waals surface area (Å²) in [6.45, 7) is 1.11. The molecule has 2 aliphatic rings. The van der Waals surface area contributed by atoms with Gasteiger partial charge in [0.25, 0.3) is 11.6 Å². The second-order valence-corrected chi connectivity index (χ2v) is 5.54. The van der Waals surface area contributed by atoms with E-state index in [9.17, 15) is 4.79 Å². The average Bonchev–Trinajstić information content (AvgIpc) is 3.09. The van der Waals surface area contributed by atoms with Gasteiger partial charge in [-0.05, 0) is 42.5 Å². The van der Waals surface area contributed by atoms with Crippen molar-refractivity contribution in [2.45, 2.75) is 31.9 Å². The third-order valence-electron chi connectivity index (χ3n) is 4.03. The van der Waals surface area contributed by atoms with Crippen molar-refractivity contribution in [1.29, 1.82) is 0 Å². The predicted molar refractivity (Wildman–Crippen MR) is 76.9 cm³/mol. The molecule has 1 unspecified atom stereocenters. The molecule has 5 heteroatoms. The highest BCUT2D eigenvalue weighted by molar-refractivity contribution is 5.38. The molecule has 0 bridgehead atoms. The molecular formula is C16H16N2O3. The second kappa shape index (κ2) is 4.91. The number of aromatic nitrogens is 2. The Kier molecular flexibility index (Phi) is 2.91. The van der Waals surface area contributed by atoms with Crippen LogP contribution in [0.4, 0.5) is 0 Å². The molecule has 2 heterocycles. The fourth-order valence-corrected chi connectivity index (χ4v) is 2.97. The molecule has 1 atom stereocenters. The van der Waals surface area contributed by atoms with Crippen LogP contribution in [0.2, 0.25) is 0 Å². The van der Waals surface area contributed by atoms with Gasteiger partial charge in [0.2, 0.25) is 0 Å². The average molecular weight is 284 g/mol. The summed E-state index contributed by atoms with van der Waals surface area (Å²) in [6.07, 6.45) is 5.16. The molecule has 1 aromatic heterocycles. The lowest BCUT2D eigenvalue weighted by atomic mass is 10.1. The van der Waals surface area contributed by atoms with Crippen molar-refractivity contribution in [3.63, 3.8) is 0 Å². The molecule has 1 aliphatic heterocycles. The number of rotatable bonds is 3. The van der Waals surface area contributed by atoms with Crippen LogP contribution in [0.1, 0.15) is 17.5 Å². The van der Waals surface area contributed by atoms with Crippen molar-refractivity contribution < 1.29 is 9.47 Å². The molecule has 0 fully saturated rings. The molecule has 2 aromatic rings. The normalized spacial score (nSPS) is 19.0. The first-order valence-electron chi connectivity index (χ1n) is 7.27. The van der Waals surface area contributed by atoms with Crippen molar-refractivity contribution in [3.05, 3.63) is 51.9 Å². The maximum Gasteiger partial charge on any atom is 0.300 e. The first-order valence-corrected chi connectivity index (χ1v) is 7.27. The van der Waals surface area contributed by atoms with Crippen LogP contribution in [-0.2, 0) is 19.4 Å². The van der Waals surface area contributed by atoms with Gasteiger partial charge in [-0.2, -0.15) is 4.98 Å². The molecule has 1 aromatic carbocycles. The summed E-state index contributed by atoms with van der Waals surface area (Å²) >= 11 is 0. The van der Waals surface area contributed by atoms with E-state index in [1.165, 1.54) is 30.0 Å². The Morgan fingerprint density at radius 2 is 2.19 bits per heavy atom. The van der Waals surface area contributed by atoms with Gasteiger partial charge in [0.1, 0.15) is 12.4 Å². The van der Waals surface area contributed by atoms with Gasteiger partial charge in [0, 0.05) is 12.3 Å². The summed E-state index contributed by atoms with van der Waals surface area (Å²) < 4.78 is 13.3. The fourth-order valence-electron chi connectivity index (χ4n) is 2.97. The minimum Gasteiger partial charge on any atom is -0.490 e. The smallest absolute Gasteiger partial charge is 0.300 e. The SMILES string of the molecule is O=c1ccn2c(n1)OC(COc1ccc3c(c1)CCC3)C2. The summed E-state index contributed by atoms with van der Waals surface area (Å²) in [7, 11) is 0. The van der Waals surface area contributed by atoms with Crippen LogP contribution in [-0.4, -0.2) is 22.3 Å². The summed E-state index contributed by atoms with van der Waals surface area (Å²) in [5.41, 5.74) is 2.56. The molecule has 0 amide bonds. The van der Waals surface area contributed by atoms with E-state index >= 15 is 0 Å². The lowest BCUT2D eigenvalue weighted by molar-refractivity contribution is 0.143. The lowest BCUT2D eigenvalue weighted by Crippen LogP contribution is -2.23. The van der Waals surface area contributed by atoms with E-state index in [1.54, 1.807) is 6.20 Å². The Hall–Kier alpha value is -2.30. The molecule has 108 valence electrons. The Bertz CT molecular complexity index is 739.